The predicted octanol–water partition coefficient (Wildman–Crippen LogP) is 4.68. The van der Waals surface area contributed by atoms with Gasteiger partial charge in [-0.3, -0.25) is 0 Å². The van der Waals surface area contributed by atoms with Crippen LogP contribution in [0.25, 0.3) is 6.08 Å². The molecular weight excluding hydrogens is 288 g/mol. The lowest BCUT2D eigenvalue weighted by atomic mass is 10.2. The molecule has 0 aromatic heterocycles. The molecule has 3 heteroatoms. The second-order valence-electron chi connectivity index (χ2n) is 5.27. The number of hydrogen-bond acceptors (Lipinski definition) is 3. The van der Waals surface area contributed by atoms with Crippen molar-refractivity contribution in [1.82, 2.24) is 0 Å². The Balaban J connectivity index is 1.69. The SMILES string of the molecule is C=Cc1ccc(OC(C)OC(C)OCCc2ccccc2)cc1. The molecule has 0 amide bonds. The average Bonchev–Trinajstić information content (AvgIpc) is 2.56. The Bertz CT molecular complexity index is 578. The molecule has 0 aliphatic heterocycles. The van der Waals surface area contributed by atoms with Gasteiger partial charge in [-0.1, -0.05) is 55.1 Å². The van der Waals surface area contributed by atoms with Gasteiger partial charge in [0.2, 0.25) is 0 Å². The maximum atomic E-state index is 5.71. The van der Waals surface area contributed by atoms with Crippen molar-refractivity contribution in [3.63, 3.8) is 0 Å². The van der Waals surface area contributed by atoms with Crippen LogP contribution in [0, 0.1) is 0 Å². The lowest BCUT2D eigenvalue weighted by molar-refractivity contribution is -0.203. The van der Waals surface area contributed by atoms with E-state index in [1.54, 1.807) is 6.08 Å². The van der Waals surface area contributed by atoms with Crippen LogP contribution in [0.2, 0.25) is 0 Å². The maximum Gasteiger partial charge on any atom is 0.199 e. The summed E-state index contributed by atoms with van der Waals surface area (Å²) in [6, 6.07) is 18.0. The molecule has 0 saturated heterocycles. The molecule has 2 unspecified atom stereocenters. The highest BCUT2D eigenvalue weighted by Gasteiger charge is 2.10. The van der Waals surface area contributed by atoms with Gasteiger partial charge in [0.15, 0.2) is 12.6 Å². The van der Waals surface area contributed by atoms with Crippen LogP contribution in [0.1, 0.15) is 25.0 Å². The van der Waals surface area contributed by atoms with Gasteiger partial charge >= 0.3 is 0 Å². The largest absolute Gasteiger partial charge is 0.465 e. The van der Waals surface area contributed by atoms with Gasteiger partial charge in [-0.05, 0) is 43.5 Å². The third kappa shape index (κ3) is 6.27. The van der Waals surface area contributed by atoms with Crippen LogP contribution >= 0.6 is 0 Å². The van der Waals surface area contributed by atoms with Crippen molar-refractivity contribution >= 4 is 6.08 Å². The smallest absolute Gasteiger partial charge is 0.199 e. The van der Waals surface area contributed by atoms with E-state index in [2.05, 4.69) is 18.7 Å². The van der Waals surface area contributed by atoms with Gasteiger partial charge in [0.1, 0.15) is 5.75 Å². The van der Waals surface area contributed by atoms with Crippen molar-refractivity contribution in [2.45, 2.75) is 32.8 Å². The Labute approximate surface area is 138 Å². The molecule has 0 N–H and O–H groups in total. The second-order valence-corrected chi connectivity index (χ2v) is 5.27. The third-order valence-electron chi connectivity index (χ3n) is 3.39. The first-order valence-electron chi connectivity index (χ1n) is 7.87. The quantitative estimate of drug-likeness (QED) is 0.629. The summed E-state index contributed by atoms with van der Waals surface area (Å²) in [6.45, 7) is 8.09. The van der Waals surface area contributed by atoms with Crippen molar-refractivity contribution in [1.29, 1.82) is 0 Å². The van der Waals surface area contributed by atoms with Gasteiger partial charge in [-0.15, -0.1) is 0 Å². The van der Waals surface area contributed by atoms with Crippen LogP contribution in [0.15, 0.2) is 61.2 Å². The minimum Gasteiger partial charge on any atom is -0.465 e. The molecule has 0 spiro atoms. The highest BCUT2D eigenvalue weighted by atomic mass is 16.8. The number of rotatable bonds is 9. The normalized spacial score (nSPS) is 13.3. The maximum absolute atomic E-state index is 5.71. The summed E-state index contributed by atoms with van der Waals surface area (Å²) >= 11 is 0. The fourth-order valence-electron chi connectivity index (χ4n) is 2.20. The Morgan fingerprint density at radius 3 is 2.30 bits per heavy atom. The van der Waals surface area contributed by atoms with Gasteiger partial charge in [-0.2, -0.15) is 0 Å². The van der Waals surface area contributed by atoms with Crippen molar-refractivity contribution in [3.05, 3.63) is 72.3 Å². The molecule has 2 rings (SSSR count). The van der Waals surface area contributed by atoms with Crippen LogP contribution in [0.4, 0.5) is 0 Å². The molecule has 23 heavy (non-hydrogen) atoms. The van der Waals surface area contributed by atoms with Crippen LogP contribution in [-0.2, 0) is 15.9 Å². The molecule has 0 bridgehead atoms. The minimum atomic E-state index is -0.378. The molecule has 2 atom stereocenters. The zero-order valence-electron chi connectivity index (χ0n) is 13.8. The van der Waals surface area contributed by atoms with E-state index >= 15 is 0 Å². The lowest BCUT2D eigenvalue weighted by Gasteiger charge is -2.20. The molecule has 0 heterocycles. The minimum absolute atomic E-state index is 0.318. The fraction of sp³-hybridized carbons (Fsp3) is 0.300. The first-order chi connectivity index (χ1) is 11.2. The summed E-state index contributed by atoms with van der Waals surface area (Å²) in [4.78, 5) is 0. The van der Waals surface area contributed by atoms with Gasteiger partial charge in [0.05, 0.1) is 6.61 Å². The monoisotopic (exact) mass is 312 g/mol. The van der Waals surface area contributed by atoms with Crippen molar-refractivity contribution in [2.75, 3.05) is 6.61 Å². The molecular formula is C20H24O3. The first-order valence-corrected chi connectivity index (χ1v) is 7.87. The van der Waals surface area contributed by atoms with Crippen molar-refractivity contribution in [3.8, 4) is 5.75 Å². The van der Waals surface area contributed by atoms with Gasteiger partial charge in [-0.25, -0.2) is 0 Å². The zero-order valence-corrected chi connectivity index (χ0v) is 13.8. The van der Waals surface area contributed by atoms with Crippen molar-refractivity contribution < 1.29 is 14.2 Å². The molecule has 0 saturated carbocycles. The molecule has 122 valence electrons. The van der Waals surface area contributed by atoms with Crippen molar-refractivity contribution in [2.24, 2.45) is 0 Å². The van der Waals surface area contributed by atoms with E-state index in [1.807, 2.05) is 56.3 Å². The number of benzene rings is 2. The summed E-state index contributed by atoms with van der Waals surface area (Å²) in [6.07, 6.45) is 1.97. The molecule has 0 fully saturated rings. The number of ether oxygens (including phenoxy) is 3. The zero-order chi connectivity index (χ0) is 16.5. The molecule has 0 aliphatic rings. The highest BCUT2D eigenvalue weighted by molar-refractivity contribution is 5.48. The highest BCUT2D eigenvalue weighted by Crippen LogP contribution is 2.15. The standard InChI is InChI=1S/C20H24O3/c1-4-18-10-12-20(13-11-18)23-17(3)22-16(2)21-15-14-19-8-6-5-7-9-19/h4-13,16-17H,1,14-15H2,2-3H3. The Kier molecular flexibility index (Phi) is 6.85. The van der Waals surface area contributed by atoms with Gasteiger partial charge in [0.25, 0.3) is 0 Å². The Morgan fingerprint density at radius 1 is 0.957 bits per heavy atom. The molecule has 2 aromatic rings. The van der Waals surface area contributed by atoms with Crippen LogP contribution < -0.4 is 4.74 Å². The summed E-state index contributed by atoms with van der Waals surface area (Å²) < 4.78 is 17.1. The van der Waals surface area contributed by atoms with E-state index in [0.717, 1.165) is 17.7 Å². The fourth-order valence-corrected chi connectivity index (χ4v) is 2.20. The predicted molar refractivity (Wildman–Crippen MR) is 93.3 cm³/mol. The molecule has 0 aliphatic carbocycles. The summed E-state index contributed by atoms with van der Waals surface area (Å²) in [7, 11) is 0. The Morgan fingerprint density at radius 2 is 1.65 bits per heavy atom. The third-order valence-corrected chi connectivity index (χ3v) is 3.39. The summed E-state index contributed by atoms with van der Waals surface area (Å²) in [5.74, 6) is 0.764. The van der Waals surface area contributed by atoms with E-state index in [-0.39, 0.29) is 12.6 Å². The molecule has 2 aromatic carbocycles. The van der Waals surface area contributed by atoms with E-state index < -0.39 is 0 Å². The first kappa shape index (κ1) is 17.3. The van der Waals surface area contributed by atoms with E-state index in [0.29, 0.717) is 6.61 Å². The lowest BCUT2D eigenvalue weighted by Crippen LogP contribution is -2.25. The van der Waals surface area contributed by atoms with Crippen LogP contribution in [0.5, 0.6) is 5.75 Å². The topological polar surface area (TPSA) is 27.7 Å². The second kappa shape index (κ2) is 9.13. The Hall–Kier alpha value is -2.10. The molecule has 0 radical (unpaired) electrons. The van der Waals surface area contributed by atoms with E-state index in [1.165, 1.54) is 5.56 Å². The number of hydrogen-bond donors (Lipinski definition) is 0. The van der Waals surface area contributed by atoms with Gasteiger partial charge in [0, 0.05) is 0 Å². The summed E-state index contributed by atoms with van der Waals surface area (Å²) in [5.41, 5.74) is 2.31. The van der Waals surface area contributed by atoms with Crippen LogP contribution in [-0.4, -0.2) is 19.2 Å². The molecule has 3 nitrogen and oxygen atoms in total. The van der Waals surface area contributed by atoms with E-state index in [4.69, 9.17) is 14.2 Å². The average molecular weight is 312 g/mol. The van der Waals surface area contributed by atoms with E-state index in [9.17, 15) is 0 Å². The van der Waals surface area contributed by atoms with Crippen LogP contribution in [0.3, 0.4) is 0 Å². The summed E-state index contributed by atoms with van der Waals surface area (Å²) in [5, 5.41) is 0. The van der Waals surface area contributed by atoms with Gasteiger partial charge < -0.3 is 14.2 Å².